The summed E-state index contributed by atoms with van der Waals surface area (Å²) in [5.41, 5.74) is 3.37. The average Bonchev–Trinajstić information content (AvgIpc) is 3.08. The van der Waals surface area contributed by atoms with Crippen molar-refractivity contribution >= 4 is 5.91 Å². The van der Waals surface area contributed by atoms with Crippen LogP contribution in [0.4, 0.5) is 13.2 Å². The van der Waals surface area contributed by atoms with Gasteiger partial charge in [0.25, 0.3) is 5.91 Å². The normalized spacial score (nSPS) is 11.5. The number of nitrogens with one attached hydrogen (secondary N) is 2. The molecule has 7 nitrogen and oxygen atoms in total. The molecule has 10 heteroatoms. The van der Waals surface area contributed by atoms with Gasteiger partial charge in [-0.05, 0) is 18.6 Å². The van der Waals surface area contributed by atoms with Gasteiger partial charge in [-0.3, -0.25) is 4.79 Å². The molecule has 0 saturated heterocycles. The topological polar surface area (TPSA) is 89.3 Å². The van der Waals surface area contributed by atoms with E-state index >= 15 is 0 Å². The average molecular weight is 358 g/mol. The van der Waals surface area contributed by atoms with Crippen LogP contribution >= 0.6 is 0 Å². The molecule has 1 heterocycles. The number of alkyl halides is 3. The molecule has 0 radical (unpaired) electrons. The van der Waals surface area contributed by atoms with Gasteiger partial charge >= 0.3 is 12.1 Å². The third-order valence-corrected chi connectivity index (χ3v) is 2.99. The molecule has 136 valence electrons. The second-order valence-electron chi connectivity index (χ2n) is 5.00. The number of halogens is 3. The van der Waals surface area contributed by atoms with Gasteiger partial charge in [0, 0.05) is 24.2 Å². The Bertz CT molecular complexity index is 686. The molecule has 0 unspecified atom stereocenters. The first kappa shape index (κ1) is 18.9. The molecule has 1 amide bonds. The summed E-state index contributed by atoms with van der Waals surface area (Å²) in [4.78, 5) is 20.3. The largest absolute Gasteiger partial charge is 0.471 e. The maximum Gasteiger partial charge on any atom is 0.471 e. The summed E-state index contributed by atoms with van der Waals surface area (Å²) in [5.74, 6) is -1.92. The van der Waals surface area contributed by atoms with Crippen molar-refractivity contribution in [1.29, 1.82) is 0 Å². The zero-order valence-electron chi connectivity index (χ0n) is 13.4. The van der Waals surface area contributed by atoms with Gasteiger partial charge in [0.1, 0.15) is 0 Å². The number of carbonyl (C=O) groups is 1. The highest BCUT2D eigenvalue weighted by atomic mass is 19.4. The van der Waals surface area contributed by atoms with Crippen molar-refractivity contribution in [2.24, 2.45) is 0 Å². The van der Waals surface area contributed by atoms with Crippen LogP contribution in [0.25, 0.3) is 11.4 Å². The van der Waals surface area contributed by atoms with Crippen LogP contribution in [0.15, 0.2) is 28.8 Å². The minimum Gasteiger partial charge on any atom is -0.351 e. The van der Waals surface area contributed by atoms with Crippen molar-refractivity contribution in [2.45, 2.75) is 19.5 Å². The zero-order chi connectivity index (χ0) is 18.3. The van der Waals surface area contributed by atoms with Crippen molar-refractivity contribution < 1.29 is 27.3 Å². The van der Waals surface area contributed by atoms with Gasteiger partial charge in [-0.1, -0.05) is 24.2 Å². The third-order valence-electron chi connectivity index (χ3n) is 2.99. The molecular weight excluding hydrogens is 341 g/mol. The lowest BCUT2D eigenvalue weighted by molar-refractivity contribution is -0.159. The van der Waals surface area contributed by atoms with Crippen molar-refractivity contribution in [1.82, 2.24) is 20.9 Å². The quantitative estimate of drug-likeness (QED) is 0.556. The third kappa shape index (κ3) is 5.54. The molecule has 2 rings (SSSR count). The predicted molar refractivity (Wildman–Crippen MR) is 81.3 cm³/mol. The number of nitrogens with zero attached hydrogens (tertiary/aromatic N) is 2. The van der Waals surface area contributed by atoms with Gasteiger partial charge in [0.05, 0.1) is 6.61 Å². The van der Waals surface area contributed by atoms with Gasteiger partial charge < -0.3 is 14.7 Å². The lowest BCUT2D eigenvalue weighted by atomic mass is 10.1. The summed E-state index contributed by atoms with van der Waals surface area (Å²) in [6.45, 7) is 3.38. The minimum absolute atomic E-state index is 0.198. The highest BCUT2D eigenvalue weighted by Gasteiger charge is 2.38. The first-order chi connectivity index (χ1) is 11.9. The van der Waals surface area contributed by atoms with Gasteiger partial charge in [-0.2, -0.15) is 18.2 Å². The minimum atomic E-state index is -4.69. The maximum atomic E-state index is 12.4. The Kier molecular flexibility index (Phi) is 6.48. The van der Waals surface area contributed by atoms with Crippen LogP contribution in [0.2, 0.25) is 0 Å². The SMILES string of the molecule is CCCONCCNC(=O)c1ccc(-c2noc(C(F)(F)F)n2)cc1. The van der Waals surface area contributed by atoms with Crippen LogP contribution in [0.3, 0.4) is 0 Å². The second kappa shape index (κ2) is 8.58. The fourth-order valence-corrected chi connectivity index (χ4v) is 1.80. The molecule has 0 aliphatic heterocycles. The van der Waals surface area contributed by atoms with Gasteiger partial charge in [0.15, 0.2) is 0 Å². The Morgan fingerprint density at radius 3 is 2.56 bits per heavy atom. The summed E-state index contributed by atoms with van der Waals surface area (Å²) >= 11 is 0. The summed E-state index contributed by atoms with van der Waals surface area (Å²) in [6.07, 6.45) is -3.81. The first-order valence-corrected chi connectivity index (χ1v) is 7.56. The Balaban J connectivity index is 1.89. The van der Waals surface area contributed by atoms with E-state index in [0.29, 0.717) is 30.8 Å². The summed E-state index contributed by atoms with van der Waals surface area (Å²) in [7, 11) is 0. The Labute approximate surface area is 141 Å². The fraction of sp³-hybridized carbons (Fsp3) is 0.400. The maximum absolute atomic E-state index is 12.4. The van der Waals surface area contributed by atoms with Gasteiger partial charge in [0.2, 0.25) is 5.82 Å². The van der Waals surface area contributed by atoms with Crippen LogP contribution in [-0.4, -0.2) is 35.7 Å². The van der Waals surface area contributed by atoms with Gasteiger partial charge in [-0.15, -0.1) is 0 Å². The predicted octanol–water partition coefficient (Wildman–Crippen LogP) is 2.42. The first-order valence-electron chi connectivity index (χ1n) is 7.56. The van der Waals surface area contributed by atoms with Crippen LogP contribution in [-0.2, 0) is 11.0 Å². The molecule has 0 aliphatic carbocycles. The number of hydrogen-bond donors (Lipinski definition) is 2. The van der Waals surface area contributed by atoms with Crippen molar-refractivity contribution in [3.63, 3.8) is 0 Å². The van der Waals surface area contributed by atoms with E-state index < -0.39 is 12.1 Å². The highest BCUT2D eigenvalue weighted by Crippen LogP contribution is 2.29. The number of rotatable bonds is 8. The Morgan fingerprint density at radius 1 is 1.24 bits per heavy atom. The van der Waals surface area contributed by atoms with E-state index in [-0.39, 0.29) is 11.7 Å². The summed E-state index contributed by atoms with van der Waals surface area (Å²) in [5, 5.41) is 5.96. The van der Waals surface area contributed by atoms with E-state index in [1.165, 1.54) is 24.3 Å². The van der Waals surface area contributed by atoms with Crippen LogP contribution < -0.4 is 10.8 Å². The molecule has 0 atom stereocenters. The van der Waals surface area contributed by atoms with E-state index in [9.17, 15) is 18.0 Å². The van der Waals surface area contributed by atoms with Crippen LogP contribution in [0, 0.1) is 0 Å². The van der Waals surface area contributed by atoms with E-state index in [0.717, 1.165) is 6.42 Å². The van der Waals surface area contributed by atoms with E-state index in [4.69, 9.17) is 4.84 Å². The number of benzene rings is 1. The summed E-state index contributed by atoms with van der Waals surface area (Å²) < 4.78 is 41.5. The second-order valence-corrected chi connectivity index (χ2v) is 5.00. The zero-order valence-corrected chi connectivity index (χ0v) is 13.4. The van der Waals surface area contributed by atoms with Crippen LogP contribution in [0.5, 0.6) is 0 Å². The van der Waals surface area contributed by atoms with Crippen molar-refractivity contribution in [2.75, 3.05) is 19.7 Å². The lowest BCUT2D eigenvalue weighted by Gasteiger charge is -2.07. The van der Waals surface area contributed by atoms with Crippen molar-refractivity contribution in [3.05, 3.63) is 35.7 Å². The molecule has 2 aromatic rings. The molecule has 1 aromatic carbocycles. The summed E-state index contributed by atoms with van der Waals surface area (Å²) in [6, 6.07) is 5.83. The van der Waals surface area contributed by atoms with E-state index in [2.05, 4.69) is 25.5 Å². The van der Waals surface area contributed by atoms with E-state index in [1.54, 1.807) is 0 Å². The number of carbonyl (C=O) groups excluding carboxylic acids is 1. The number of aromatic nitrogens is 2. The Morgan fingerprint density at radius 2 is 1.96 bits per heavy atom. The molecule has 25 heavy (non-hydrogen) atoms. The number of hydroxylamine groups is 1. The molecule has 0 spiro atoms. The molecule has 0 saturated carbocycles. The molecular formula is C15H17F3N4O3. The van der Waals surface area contributed by atoms with Crippen LogP contribution in [0.1, 0.15) is 29.6 Å². The fourth-order valence-electron chi connectivity index (χ4n) is 1.80. The Hall–Kier alpha value is -2.46. The van der Waals surface area contributed by atoms with E-state index in [1.807, 2.05) is 6.92 Å². The lowest BCUT2D eigenvalue weighted by Crippen LogP contribution is -2.32. The molecule has 1 aromatic heterocycles. The molecule has 2 N–H and O–H groups in total. The monoisotopic (exact) mass is 358 g/mol. The standard InChI is InChI=1S/C15H17F3N4O3/c1-2-9-24-20-8-7-19-13(23)11-5-3-10(4-6-11)12-21-14(25-22-12)15(16,17)18/h3-6,20H,2,7-9H2,1H3,(H,19,23). The molecule has 0 bridgehead atoms. The highest BCUT2D eigenvalue weighted by molar-refractivity contribution is 5.94. The smallest absolute Gasteiger partial charge is 0.351 e. The molecule has 0 aliphatic rings. The number of hydrogen-bond acceptors (Lipinski definition) is 6. The van der Waals surface area contributed by atoms with Gasteiger partial charge in [-0.25, -0.2) is 5.48 Å². The number of amides is 1. The van der Waals surface area contributed by atoms with Crippen molar-refractivity contribution in [3.8, 4) is 11.4 Å². The molecule has 0 fully saturated rings.